The molecule has 39 heavy (non-hydrogen) atoms. The number of fused-ring (bicyclic) bond motifs is 2. The number of nitrogens with zero attached hydrogens (tertiary/aromatic N) is 4. The van der Waals surface area contributed by atoms with Gasteiger partial charge in [0.15, 0.2) is 11.6 Å². The SMILES string of the molecule is CCN1CCc2cc3[nH]c(C(=O)c4cnn(-c5cnc(Oc6c(F)cccc6F)cc5C)c4N)cc3cc2C1. The Morgan fingerprint density at radius 3 is 2.67 bits per heavy atom. The van der Waals surface area contributed by atoms with E-state index in [0.717, 1.165) is 49.1 Å². The maximum absolute atomic E-state index is 14.0. The highest BCUT2D eigenvalue weighted by Crippen LogP contribution is 2.30. The highest BCUT2D eigenvalue weighted by Gasteiger charge is 2.22. The van der Waals surface area contributed by atoms with Crippen molar-refractivity contribution < 1.29 is 18.3 Å². The zero-order valence-electron chi connectivity index (χ0n) is 21.5. The van der Waals surface area contributed by atoms with Crippen molar-refractivity contribution in [1.82, 2.24) is 24.6 Å². The van der Waals surface area contributed by atoms with Crippen molar-refractivity contribution in [3.05, 3.63) is 94.4 Å². The van der Waals surface area contributed by atoms with Gasteiger partial charge in [-0.15, -0.1) is 0 Å². The summed E-state index contributed by atoms with van der Waals surface area (Å²) in [7, 11) is 0. The molecule has 0 saturated heterocycles. The van der Waals surface area contributed by atoms with Crippen LogP contribution < -0.4 is 10.5 Å². The average Bonchev–Trinajstić information content (AvgIpc) is 3.52. The number of ketones is 1. The molecule has 0 unspecified atom stereocenters. The number of para-hydroxylation sites is 1. The van der Waals surface area contributed by atoms with E-state index in [-0.39, 0.29) is 23.0 Å². The molecule has 6 rings (SSSR count). The van der Waals surface area contributed by atoms with Crippen LogP contribution in [0.4, 0.5) is 14.6 Å². The van der Waals surface area contributed by atoms with Crippen LogP contribution in [-0.2, 0) is 13.0 Å². The second-order valence-electron chi connectivity index (χ2n) is 9.66. The van der Waals surface area contributed by atoms with Crippen LogP contribution in [0.15, 0.2) is 54.9 Å². The summed E-state index contributed by atoms with van der Waals surface area (Å²) in [4.78, 5) is 23.2. The minimum Gasteiger partial charge on any atom is -0.433 e. The minimum atomic E-state index is -0.835. The number of halogens is 2. The number of aromatic amines is 1. The normalized spacial score (nSPS) is 13.5. The van der Waals surface area contributed by atoms with E-state index in [0.29, 0.717) is 16.9 Å². The number of likely N-dealkylation sites (N-methyl/N-ethyl adjacent to an activating group) is 1. The number of aromatic nitrogens is 4. The monoisotopic (exact) mass is 528 g/mol. The Bertz CT molecular complexity index is 1720. The van der Waals surface area contributed by atoms with Crippen LogP contribution in [0.5, 0.6) is 11.6 Å². The molecule has 0 aliphatic carbocycles. The van der Waals surface area contributed by atoms with Crippen molar-refractivity contribution in [2.75, 3.05) is 18.8 Å². The zero-order valence-corrected chi connectivity index (χ0v) is 21.5. The maximum atomic E-state index is 14.0. The molecule has 2 aromatic carbocycles. The number of carbonyl (C=O) groups excluding carboxylic acids is 1. The van der Waals surface area contributed by atoms with Crippen LogP contribution in [0.1, 0.15) is 39.7 Å². The van der Waals surface area contributed by atoms with Crippen molar-refractivity contribution >= 4 is 22.5 Å². The van der Waals surface area contributed by atoms with E-state index in [9.17, 15) is 13.6 Å². The number of rotatable bonds is 6. The van der Waals surface area contributed by atoms with Gasteiger partial charge in [0, 0.05) is 30.1 Å². The summed E-state index contributed by atoms with van der Waals surface area (Å²) in [6.07, 6.45) is 3.83. The van der Waals surface area contributed by atoms with Crippen LogP contribution in [0.25, 0.3) is 16.6 Å². The van der Waals surface area contributed by atoms with E-state index in [1.165, 1.54) is 40.3 Å². The first kappa shape index (κ1) is 24.7. The molecule has 0 spiro atoms. The number of nitrogens with two attached hydrogens (primary N) is 1. The van der Waals surface area contributed by atoms with E-state index in [1.54, 1.807) is 6.92 Å². The second-order valence-corrected chi connectivity index (χ2v) is 9.66. The molecule has 8 nitrogen and oxygen atoms in total. The molecule has 3 N–H and O–H groups in total. The highest BCUT2D eigenvalue weighted by atomic mass is 19.1. The fourth-order valence-corrected chi connectivity index (χ4v) is 5.00. The van der Waals surface area contributed by atoms with E-state index >= 15 is 0 Å². The maximum Gasteiger partial charge on any atom is 0.219 e. The van der Waals surface area contributed by atoms with Crippen LogP contribution >= 0.6 is 0 Å². The highest BCUT2D eigenvalue weighted by molar-refractivity contribution is 6.12. The fourth-order valence-electron chi connectivity index (χ4n) is 5.00. The summed E-state index contributed by atoms with van der Waals surface area (Å²) < 4.78 is 34.7. The molecule has 0 amide bonds. The summed E-state index contributed by atoms with van der Waals surface area (Å²) in [6.45, 7) is 6.85. The summed E-state index contributed by atoms with van der Waals surface area (Å²) in [5.41, 5.74) is 11.7. The van der Waals surface area contributed by atoms with Crippen molar-refractivity contribution in [3.8, 4) is 17.3 Å². The number of ether oxygens (including phenoxy) is 1. The second kappa shape index (κ2) is 9.63. The molecule has 3 aromatic heterocycles. The van der Waals surface area contributed by atoms with Gasteiger partial charge in [-0.1, -0.05) is 13.0 Å². The van der Waals surface area contributed by atoms with Gasteiger partial charge >= 0.3 is 0 Å². The quantitative estimate of drug-likeness (QED) is 0.289. The van der Waals surface area contributed by atoms with Gasteiger partial charge in [-0.2, -0.15) is 5.10 Å². The van der Waals surface area contributed by atoms with E-state index in [4.69, 9.17) is 10.5 Å². The lowest BCUT2D eigenvalue weighted by Gasteiger charge is -2.27. The number of aryl methyl sites for hydroxylation is 1. The van der Waals surface area contributed by atoms with Gasteiger partial charge in [0.1, 0.15) is 5.82 Å². The third kappa shape index (κ3) is 4.42. The number of nitrogen functional groups attached to an aromatic ring is 1. The predicted molar refractivity (Wildman–Crippen MR) is 143 cm³/mol. The predicted octanol–water partition coefficient (Wildman–Crippen LogP) is 5.32. The van der Waals surface area contributed by atoms with E-state index in [2.05, 4.69) is 39.0 Å². The zero-order chi connectivity index (χ0) is 27.3. The summed E-state index contributed by atoms with van der Waals surface area (Å²) >= 11 is 0. The molecule has 10 heteroatoms. The number of hydrogen-bond donors (Lipinski definition) is 2. The average molecular weight is 529 g/mol. The molecule has 198 valence electrons. The van der Waals surface area contributed by atoms with Gasteiger partial charge in [0.2, 0.25) is 17.4 Å². The number of carbonyl (C=O) groups is 1. The molecule has 0 bridgehead atoms. The molecule has 1 aliphatic rings. The van der Waals surface area contributed by atoms with Gasteiger partial charge < -0.3 is 15.5 Å². The molecule has 0 atom stereocenters. The Kier molecular flexibility index (Phi) is 6.11. The van der Waals surface area contributed by atoms with Gasteiger partial charge in [0.25, 0.3) is 0 Å². The van der Waals surface area contributed by atoms with Gasteiger partial charge in [-0.3, -0.25) is 9.69 Å². The standard InChI is InChI=1S/C29H26F2N6O2/c1-3-36-8-7-17-11-23-18(10-19(17)15-36)12-24(35-23)27(38)20-13-34-37(29(20)32)25-14-33-26(9-16(25)2)39-28-21(30)5-4-6-22(28)31/h4-6,9-14,35H,3,7-8,15,32H2,1-2H3. The topological polar surface area (TPSA) is 102 Å². The molecule has 0 radical (unpaired) electrons. The molecule has 0 fully saturated rings. The largest absolute Gasteiger partial charge is 0.433 e. The Morgan fingerprint density at radius 2 is 1.92 bits per heavy atom. The number of hydrogen-bond acceptors (Lipinski definition) is 6. The Morgan fingerprint density at radius 1 is 1.13 bits per heavy atom. The van der Waals surface area contributed by atoms with Crippen LogP contribution in [0.3, 0.4) is 0 Å². The van der Waals surface area contributed by atoms with Crippen molar-refractivity contribution in [1.29, 1.82) is 0 Å². The Labute approximate surface area is 223 Å². The van der Waals surface area contributed by atoms with Crippen molar-refractivity contribution in [2.24, 2.45) is 0 Å². The first-order chi connectivity index (χ1) is 18.8. The lowest BCUT2D eigenvalue weighted by Crippen LogP contribution is -2.30. The summed E-state index contributed by atoms with van der Waals surface area (Å²) in [5.74, 6) is -2.33. The number of benzene rings is 2. The van der Waals surface area contributed by atoms with Gasteiger partial charge in [-0.25, -0.2) is 18.4 Å². The molecule has 4 heterocycles. The first-order valence-corrected chi connectivity index (χ1v) is 12.7. The molecule has 0 saturated carbocycles. The third-order valence-corrected chi connectivity index (χ3v) is 7.19. The van der Waals surface area contributed by atoms with E-state index in [1.807, 2.05) is 6.07 Å². The summed E-state index contributed by atoms with van der Waals surface area (Å²) in [5, 5.41) is 5.30. The van der Waals surface area contributed by atoms with Gasteiger partial charge in [-0.05, 0) is 66.9 Å². The fraction of sp³-hybridized carbons (Fsp3) is 0.207. The first-order valence-electron chi connectivity index (χ1n) is 12.7. The van der Waals surface area contributed by atoms with Crippen LogP contribution in [0, 0.1) is 18.6 Å². The van der Waals surface area contributed by atoms with Crippen molar-refractivity contribution in [3.63, 3.8) is 0 Å². The molecular formula is C29H26F2N6O2. The van der Waals surface area contributed by atoms with Crippen LogP contribution in [0.2, 0.25) is 0 Å². The van der Waals surface area contributed by atoms with Gasteiger partial charge in [0.05, 0.1) is 29.3 Å². The Balaban J connectivity index is 1.27. The smallest absolute Gasteiger partial charge is 0.219 e. The number of anilines is 1. The van der Waals surface area contributed by atoms with E-state index < -0.39 is 17.4 Å². The third-order valence-electron chi connectivity index (χ3n) is 7.19. The number of H-pyrrole nitrogens is 1. The molecule has 5 aromatic rings. The summed E-state index contributed by atoms with van der Waals surface area (Å²) in [6, 6.07) is 11.1. The number of pyridine rings is 1. The minimum absolute atomic E-state index is 0.00473. The van der Waals surface area contributed by atoms with Crippen LogP contribution in [-0.4, -0.2) is 43.5 Å². The lowest BCUT2D eigenvalue weighted by molar-refractivity contribution is 0.103. The van der Waals surface area contributed by atoms with Crippen molar-refractivity contribution in [2.45, 2.75) is 26.8 Å². The molecular weight excluding hydrogens is 502 g/mol. The Hall–Kier alpha value is -4.57. The lowest BCUT2D eigenvalue weighted by atomic mass is 9.98. The number of nitrogens with one attached hydrogen (secondary N) is 1. The molecule has 1 aliphatic heterocycles.